The smallest absolute Gasteiger partial charge is 0.220 e. The van der Waals surface area contributed by atoms with Crippen molar-refractivity contribution in [2.45, 2.75) is 24.8 Å². The lowest BCUT2D eigenvalue weighted by Gasteiger charge is -2.05. The summed E-state index contributed by atoms with van der Waals surface area (Å²) in [6.07, 6.45) is 4.79. The van der Waals surface area contributed by atoms with Gasteiger partial charge in [-0.05, 0) is 12.8 Å². The van der Waals surface area contributed by atoms with Crippen molar-refractivity contribution in [1.82, 2.24) is 5.32 Å². The van der Waals surface area contributed by atoms with Crippen molar-refractivity contribution in [2.75, 3.05) is 0 Å². The van der Waals surface area contributed by atoms with E-state index < -0.39 is 0 Å². The van der Waals surface area contributed by atoms with Gasteiger partial charge in [-0.25, -0.2) is 0 Å². The number of amides is 1. The highest BCUT2D eigenvalue weighted by atomic mass is 16.2. The van der Waals surface area contributed by atoms with E-state index in [-0.39, 0.29) is 11.4 Å². The van der Waals surface area contributed by atoms with E-state index in [2.05, 4.69) is 11.9 Å². The first-order valence-electron chi connectivity index (χ1n) is 3.70. The fourth-order valence-corrected chi connectivity index (χ4v) is 1.81. The molecule has 2 heteroatoms. The van der Waals surface area contributed by atoms with Gasteiger partial charge in [-0.2, -0.15) is 0 Å². The first-order chi connectivity index (χ1) is 4.77. The lowest BCUT2D eigenvalue weighted by molar-refractivity contribution is -0.119. The highest BCUT2D eigenvalue weighted by Gasteiger charge is 2.55. The maximum Gasteiger partial charge on any atom is 0.220 e. The molecule has 2 atom stereocenters. The first-order valence-corrected chi connectivity index (χ1v) is 3.70. The van der Waals surface area contributed by atoms with Gasteiger partial charge >= 0.3 is 0 Å². The number of carbonyl (C=O) groups excluding carboxylic acids is 1. The summed E-state index contributed by atoms with van der Waals surface area (Å²) in [7, 11) is 0. The van der Waals surface area contributed by atoms with Gasteiger partial charge in [0, 0.05) is 17.9 Å². The van der Waals surface area contributed by atoms with E-state index in [9.17, 15) is 4.79 Å². The van der Waals surface area contributed by atoms with Crippen LogP contribution in [-0.4, -0.2) is 11.4 Å². The monoisotopic (exact) mass is 137 g/mol. The predicted molar refractivity (Wildman–Crippen MR) is 38.4 cm³/mol. The molecule has 2 rings (SSSR count). The molecule has 2 fully saturated rings. The maximum absolute atomic E-state index is 10.8. The molecule has 1 saturated carbocycles. The largest absolute Gasteiger partial charge is 0.350 e. The first kappa shape index (κ1) is 5.96. The Morgan fingerprint density at radius 1 is 1.80 bits per heavy atom. The van der Waals surface area contributed by atoms with Crippen LogP contribution >= 0.6 is 0 Å². The molecule has 2 aliphatic rings. The molecule has 0 aromatic rings. The van der Waals surface area contributed by atoms with Crippen molar-refractivity contribution in [1.29, 1.82) is 0 Å². The normalized spacial score (nSPS) is 43.6. The zero-order chi connectivity index (χ0) is 7.19. The molecule has 0 aromatic heterocycles. The number of carbonyl (C=O) groups is 1. The lowest BCUT2D eigenvalue weighted by Crippen LogP contribution is -2.28. The van der Waals surface area contributed by atoms with Crippen LogP contribution in [0.2, 0.25) is 0 Å². The zero-order valence-electron chi connectivity index (χ0n) is 5.89. The predicted octanol–water partition coefficient (Wildman–Crippen LogP) is 0.841. The van der Waals surface area contributed by atoms with Gasteiger partial charge in [-0.1, -0.05) is 6.08 Å². The molecule has 1 spiro atoms. The number of nitrogens with one attached hydrogen (secondary N) is 1. The molecule has 1 saturated heterocycles. The third-order valence-corrected chi connectivity index (χ3v) is 2.60. The quantitative estimate of drug-likeness (QED) is 0.533. The van der Waals surface area contributed by atoms with Crippen molar-refractivity contribution < 1.29 is 4.79 Å². The molecule has 1 heterocycles. The van der Waals surface area contributed by atoms with E-state index in [0.717, 1.165) is 12.8 Å². The van der Waals surface area contributed by atoms with Crippen molar-refractivity contribution >= 4 is 5.91 Å². The van der Waals surface area contributed by atoms with E-state index in [1.54, 1.807) is 0 Å². The second-order valence-electron chi connectivity index (χ2n) is 3.25. The number of hydrogen-bond acceptors (Lipinski definition) is 1. The Morgan fingerprint density at radius 3 is 3.00 bits per heavy atom. The molecule has 1 aliphatic heterocycles. The van der Waals surface area contributed by atoms with Gasteiger partial charge in [0.05, 0.1) is 0 Å². The van der Waals surface area contributed by atoms with Crippen molar-refractivity contribution in [2.24, 2.45) is 5.92 Å². The van der Waals surface area contributed by atoms with E-state index in [0.29, 0.717) is 12.3 Å². The minimum absolute atomic E-state index is 0.166. The summed E-state index contributed by atoms with van der Waals surface area (Å²) >= 11 is 0. The summed E-state index contributed by atoms with van der Waals surface area (Å²) in [4.78, 5) is 10.8. The second-order valence-corrected chi connectivity index (χ2v) is 3.25. The van der Waals surface area contributed by atoms with Gasteiger partial charge in [-0.3, -0.25) is 4.79 Å². The molecule has 0 aromatic carbocycles. The Bertz CT molecular complexity index is 199. The average Bonchev–Trinajstić information content (AvgIpc) is 2.46. The number of hydrogen-bond donors (Lipinski definition) is 1. The van der Waals surface area contributed by atoms with Crippen LogP contribution in [0.1, 0.15) is 19.3 Å². The van der Waals surface area contributed by atoms with Crippen molar-refractivity contribution in [3.63, 3.8) is 0 Å². The van der Waals surface area contributed by atoms with Crippen molar-refractivity contribution in [3.8, 4) is 0 Å². The SMILES string of the molecule is C=CC1CC12CCC(=O)N2. The van der Waals surface area contributed by atoms with Crippen LogP contribution in [0.25, 0.3) is 0 Å². The van der Waals surface area contributed by atoms with Gasteiger partial charge in [-0.15, -0.1) is 6.58 Å². The Balaban J connectivity index is 2.08. The Morgan fingerprint density at radius 2 is 2.60 bits per heavy atom. The van der Waals surface area contributed by atoms with Crippen LogP contribution in [-0.2, 0) is 4.79 Å². The van der Waals surface area contributed by atoms with E-state index in [1.807, 2.05) is 6.08 Å². The van der Waals surface area contributed by atoms with Gasteiger partial charge in [0.25, 0.3) is 0 Å². The van der Waals surface area contributed by atoms with E-state index in [1.165, 1.54) is 0 Å². The fourth-order valence-electron chi connectivity index (χ4n) is 1.81. The third kappa shape index (κ3) is 0.618. The molecular weight excluding hydrogens is 126 g/mol. The molecular formula is C8H11NO. The summed E-state index contributed by atoms with van der Waals surface area (Å²) < 4.78 is 0. The highest BCUT2D eigenvalue weighted by molar-refractivity contribution is 5.80. The van der Waals surface area contributed by atoms with Crippen LogP contribution in [0.4, 0.5) is 0 Å². The molecule has 0 radical (unpaired) electrons. The summed E-state index contributed by atoms with van der Waals surface area (Å²) in [6.45, 7) is 3.72. The highest BCUT2D eigenvalue weighted by Crippen LogP contribution is 2.50. The zero-order valence-corrected chi connectivity index (χ0v) is 5.89. The summed E-state index contributed by atoms with van der Waals surface area (Å²) in [5, 5.41) is 3.00. The second kappa shape index (κ2) is 1.62. The molecule has 2 unspecified atom stereocenters. The lowest BCUT2D eigenvalue weighted by atomic mass is 10.1. The molecule has 1 aliphatic carbocycles. The van der Waals surface area contributed by atoms with E-state index >= 15 is 0 Å². The van der Waals surface area contributed by atoms with Gasteiger partial charge in [0.15, 0.2) is 0 Å². The van der Waals surface area contributed by atoms with Crippen molar-refractivity contribution in [3.05, 3.63) is 12.7 Å². The van der Waals surface area contributed by atoms with E-state index in [4.69, 9.17) is 0 Å². The Hall–Kier alpha value is -0.790. The van der Waals surface area contributed by atoms with Crippen LogP contribution in [0.5, 0.6) is 0 Å². The summed E-state index contributed by atoms with van der Waals surface area (Å²) in [6, 6.07) is 0. The molecule has 1 amide bonds. The van der Waals surface area contributed by atoms with Crippen LogP contribution in [0.3, 0.4) is 0 Å². The number of rotatable bonds is 1. The van der Waals surface area contributed by atoms with Crippen LogP contribution in [0, 0.1) is 5.92 Å². The molecule has 1 N–H and O–H groups in total. The minimum atomic E-state index is 0.166. The molecule has 10 heavy (non-hydrogen) atoms. The van der Waals surface area contributed by atoms with Gasteiger partial charge in [0.1, 0.15) is 0 Å². The van der Waals surface area contributed by atoms with Crippen LogP contribution in [0.15, 0.2) is 12.7 Å². The standard InChI is InChI=1S/C8H11NO/c1-2-6-5-8(6)4-3-7(10)9-8/h2,6H,1,3-5H2,(H,9,10). The summed E-state index contributed by atoms with van der Waals surface area (Å²) in [5.74, 6) is 0.767. The molecule has 54 valence electrons. The Labute approximate surface area is 60.3 Å². The minimum Gasteiger partial charge on any atom is -0.350 e. The topological polar surface area (TPSA) is 29.1 Å². The molecule has 0 bridgehead atoms. The average molecular weight is 137 g/mol. The third-order valence-electron chi connectivity index (χ3n) is 2.60. The van der Waals surface area contributed by atoms with Gasteiger partial charge in [0.2, 0.25) is 5.91 Å². The maximum atomic E-state index is 10.8. The van der Waals surface area contributed by atoms with Gasteiger partial charge < -0.3 is 5.32 Å². The van der Waals surface area contributed by atoms with Crippen LogP contribution < -0.4 is 5.32 Å². The Kier molecular flexibility index (Phi) is 0.967. The summed E-state index contributed by atoms with van der Waals surface area (Å²) in [5.41, 5.74) is 0.166. The fraction of sp³-hybridized carbons (Fsp3) is 0.625. The molecule has 2 nitrogen and oxygen atoms in total.